The highest BCUT2D eigenvalue weighted by Gasteiger charge is 2.31. The van der Waals surface area contributed by atoms with Gasteiger partial charge in [0.15, 0.2) is 0 Å². The molecule has 1 atom stereocenters. The molecule has 3 heteroatoms. The maximum absolute atomic E-state index is 9.93. The summed E-state index contributed by atoms with van der Waals surface area (Å²) < 4.78 is 0. The second-order valence-electron chi connectivity index (χ2n) is 5.13. The molecule has 1 rings (SSSR count). The third kappa shape index (κ3) is 4.30. The minimum absolute atomic E-state index is 0.109. The fourth-order valence-corrected chi connectivity index (χ4v) is 2.58. The van der Waals surface area contributed by atoms with Crippen molar-refractivity contribution in [1.82, 2.24) is 10.2 Å². The van der Waals surface area contributed by atoms with Gasteiger partial charge in [0, 0.05) is 6.54 Å². The van der Waals surface area contributed by atoms with Crippen LogP contribution in [0.1, 0.15) is 32.3 Å². The van der Waals surface area contributed by atoms with E-state index in [-0.39, 0.29) is 12.1 Å². The van der Waals surface area contributed by atoms with Crippen LogP contribution in [0.15, 0.2) is 30.3 Å². The average Bonchev–Trinajstić information content (AvgIpc) is 2.46. The van der Waals surface area contributed by atoms with Crippen molar-refractivity contribution < 1.29 is 5.11 Å². The van der Waals surface area contributed by atoms with Crippen LogP contribution in [0.5, 0.6) is 0 Å². The molecule has 0 amide bonds. The molecule has 0 radical (unpaired) electrons. The highest BCUT2D eigenvalue weighted by atomic mass is 16.3. The maximum Gasteiger partial charge on any atom is 0.0795 e. The second kappa shape index (κ2) is 8.31. The number of aliphatic hydroxyl groups excluding tert-OH is 1. The van der Waals surface area contributed by atoms with Crippen molar-refractivity contribution >= 4 is 0 Å². The molecule has 1 aromatic rings. The van der Waals surface area contributed by atoms with Crippen molar-refractivity contribution in [2.75, 3.05) is 33.3 Å². The standard InChI is InChI=1S/C16H28N2O/c1-4-11-18(12-5-2)13-16(14-19,17-3)15-9-7-6-8-10-15/h6-10,17,19H,4-5,11-14H2,1-3H3. The van der Waals surface area contributed by atoms with Crippen LogP contribution in [0.25, 0.3) is 0 Å². The topological polar surface area (TPSA) is 35.5 Å². The molecule has 0 aromatic heterocycles. The summed E-state index contributed by atoms with van der Waals surface area (Å²) in [4.78, 5) is 2.43. The number of likely N-dealkylation sites (N-methyl/N-ethyl adjacent to an activating group) is 1. The van der Waals surface area contributed by atoms with Gasteiger partial charge in [0.25, 0.3) is 0 Å². The first-order valence-electron chi connectivity index (χ1n) is 7.30. The van der Waals surface area contributed by atoms with E-state index in [9.17, 15) is 5.11 Å². The van der Waals surface area contributed by atoms with E-state index in [1.807, 2.05) is 25.2 Å². The summed E-state index contributed by atoms with van der Waals surface area (Å²) in [5.41, 5.74) is 0.781. The lowest BCUT2D eigenvalue weighted by Crippen LogP contribution is -2.52. The lowest BCUT2D eigenvalue weighted by atomic mass is 9.90. The van der Waals surface area contributed by atoms with Gasteiger partial charge >= 0.3 is 0 Å². The molecule has 0 saturated heterocycles. The summed E-state index contributed by atoms with van der Waals surface area (Å²) >= 11 is 0. The first kappa shape index (κ1) is 16.2. The third-order valence-corrected chi connectivity index (χ3v) is 3.65. The van der Waals surface area contributed by atoms with Gasteiger partial charge in [-0.15, -0.1) is 0 Å². The number of nitrogens with one attached hydrogen (secondary N) is 1. The van der Waals surface area contributed by atoms with E-state index < -0.39 is 0 Å². The molecule has 0 bridgehead atoms. The van der Waals surface area contributed by atoms with E-state index in [1.165, 1.54) is 0 Å². The molecule has 0 fully saturated rings. The van der Waals surface area contributed by atoms with Crippen LogP contribution in [0.2, 0.25) is 0 Å². The maximum atomic E-state index is 9.93. The summed E-state index contributed by atoms with van der Waals surface area (Å²) in [6.45, 7) is 7.49. The zero-order chi connectivity index (χ0) is 14.1. The largest absolute Gasteiger partial charge is 0.394 e. The Kier molecular flexibility index (Phi) is 7.06. The van der Waals surface area contributed by atoms with Gasteiger partial charge in [-0.05, 0) is 38.5 Å². The third-order valence-electron chi connectivity index (χ3n) is 3.65. The minimum Gasteiger partial charge on any atom is -0.394 e. The predicted molar refractivity (Wildman–Crippen MR) is 81.3 cm³/mol. The number of hydrogen-bond donors (Lipinski definition) is 2. The zero-order valence-electron chi connectivity index (χ0n) is 12.5. The van der Waals surface area contributed by atoms with Gasteiger partial charge in [0.2, 0.25) is 0 Å². The molecule has 0 aliphatic heterocycles. The van der Waals surface area contributed by atoms with E-state index >= 15 is 0 Å². The predicted octanol–water partition coefficient (Wildman–Crippen LogP) is 2.22. The smallest absolute Gasteiger partial charge is 0.0795 e. The average molecular weight is 264 g/mol. The Morgan fingerprint density at radius 3 is 2.11 bits per heavy atom. The summed E-state index contributed by atoms with van der Waals surface area (Å²) in [5.74, 6) is 0. The van der Waals surface area contributed by atoms with Crippen LogP contribution in [0.4, 0.5) is 0 Å². The van der Waals surface area contributed by atoms with Gasteiger partial charge in [-0.1, -0.05) is 44.2 Å². The Hall–Kier alpha value is -0.900. The molecular formula is C16H28N2O. The van der Waals surface area contributed by atoms with Gasteiger partial charge in [-0.25, -0.2) is 0 Å². The van der Waals surface area contributed by atoms with Gasteiger partial charge in [0.05, 0.1) is 12.1 Å². The summed E-state index contributed by atoms with van der Waals surface area (Å²) in [7, 11) is 1.93. The van der Waals surface area contributed by atoms with Crippen LogP contribution in [-0.4, -0.2) is 43.3 Å². The molecule has 0 saturated carbocycles. The number of rotatable bonds is 9. The number of hydrogen-bond acceptors (Lipinski definition) is 3. The highest BCUT2D eigenvalue weighted by Crippen LogP contribution is 2.22. The monoisotopic (exact) mass is 264 g/mol. The first-order chi connectivity index (χ1) is 9.22. The Morgan fingerprint density at radius 2 is 1.68 bits per heavy atom. The molecule has 0 heterocycles. The Labute approximate surface area is 117 Å². The second-order valence-corrected chi connectivity index (χ2v) is 5.13. The van der Waals surface area contributed by atoms with E-state index in [1.54, 1.807) is 0 Å². The lowest BCUT2D eigenvalue weighted by Gasteiger charge is -2.37. The number of benzene rings is 1. The molecule has 1 unspecified atom stereocenters. The van der Waals surface area contributed by atoms with Gasteiger partial charge in [0.1, 0.15) is 0 Å². The Morgan fingerprint density at radius 1 is 1.11 bits per heavy atom. The first-order valence-corrected chi connectivity index (χ1v) is 7.30. The summed E-state index contributed by atoms with van der Waals surface area (Å²) in [5, 5.41) is 13.3. The van der Waals surface area contributed by atoms with E-state index in [0.717, 1.165) is 38.0 Å². The molecule has 0 aliphatic rings. The molecular weight excluding hydrogens is 236 g/mol. The Balaban J connectivity index is 2.92. The molecule has 2 N–H and O–H groups in total. The molecule has 3 nitrogen and oxygen atoms in total. The SMILES string of the molecule is CCCN(CCC)CC(CO)(NC)c1ccccc1. The van der Waals surface area contributed by atoms with Crippen LogP contribution in [0.3, 0.4) is 0 Å². The van der Waals surface area contributed by atoms with Crippen molar-refractivity contribution in [2.45, 2.75) is 32.2 Å². The van der Waals surface area contributed by atoms with Crippen LogP contribution in [0, 0.1) is 0 Å². The van der Waals surface area contributed by atoms with E-state index in [2.05, 4.69) is 36.2 Å². The van der Waals surface area contributed by atoms with Crippen molar-refractivity contribution in [2.24, 2.45) is 0 Å². The molecule has 108 valence electrons. The van der Waals surface area contributed by atoms with Gasteiger partial charge < -0.3 is 15.3 Å². The zero-order valence-corrected chi connectivity index (χ0v) is 12.5. The molecule has 19 heavy (non-hydrogen) atoms. The number of aliphatic hydroxyl groups is 1. The minimum atomic E-state index is -0.369. The van der Waals surface area contributed by atoms with Gasteiger partial charge in [-0.3, -0.25) is 0 Å². The van der Waals surface area contributed by atoms with E-state index in [4.69, 9.17) is 0 Å². The van der Waals surface area contributed by atoms with Crippen LogP contribution < -0.4 is 5.32 Å². The molecule has 0 spiro atoms. The Bertz CT molecular complexity index is 330. The van der Waals surface area contributed by atoms with Crippen LogP contribution >= 0.6 is 0 Å². The van der Waals surface area contributed by atoms with Gasteiger partial charge in [-0.2, -0.15) is 0 Å². The normalized spacial score (nSPS) is 14.6. The van der Waals surface area contributed by atoms with Crippen molar-refractivity contribution in [3.63, 3.8) is 0 Å². The fourth-order valence-electron chi connectivity index (χ4n) is 2.58. The molecule has 0 aliphatic carbocycles. The van der Waals surface area contributed by atoms with E-state index in [0.29, 0.717) is 0 Å². The quantitative estimate of drug-likeness (QED) is 0.718. The van der Waals surface area contributed by atoms with Crippen LogP contribution in [-0.2, 0) is 5.54 Å². The number of nitrogens with zero attached hydrogens (tertiary/aromatic N) is 1. The van der Waals surface area contributed by atoms with Crippen molar-refractivity contribution in [1.29, 1.82) is 0 Å². The highest BCUT2D eigenvalue weighted by molar-refractivity contribution is 5.25. The fraction of sp³-hybridized carbons (Fsp3) is 0.625. The summed E-state index contributed by atoms with van der Waals surface area (Å²) in [6, 6.07) is 10.2. The summed E-state index contributed by atoms with van der Waals surface area (Å²) in [6.07, 6.45) is 2.28. The lowest BCUT2D eigenvalue weighted by molar-refractivity contribution is 0.112. The van der Waals surface area contributed by atoms with Crippen molar-refractivity contribution in [3.8, 4) is 0 Å². The molecule has 1 aromatic carbocycles. The van der Waals surface area contributed by atoms with Crippen molar-refractivity contribution in [3.05, 3.63) is 35.9 Å².